The average Bonchev–Trinajstić information content (AvgIpc) is 2.27. The van der Waals surface area contributed by atoms with Crippen molar-refractivity contribution in [2.45, 2.75) is 52.7 Å². The number of hydrogen-bond acceptors (Lipinski definition) is 6. The van der Waals surface area contributed by atoms with Crippen molar-refractivity contribution in [2.24, 2.45) is 0 Å². The zero-order valence-electron chi connectivity index (χ0n) is 13.5. The van der Waals surface area contributed by atoms with Crippen LogP contribution < -0.4 is 4.90 Å². The molecule has 1 aromatic rings. The van der Waals surface area contributed by atoms with E-state index in [-0.39, 0.29) is 5.82 Å². The number of nitrogens with zero attached hydrogens (tertiary/aromatic N) is 3. The van der Waals surface area contributed by atoms with E-state index in [1.165, 1.54) is 12.4 Å². The molecule has 8 heteroatoms. The highest BCUT2D eigenvalue weighted by molar-refractivity contribution is 14.1. The quantitative estimate of drug-likeness (QED) is 0.643. The maximum absolute atomic E-state index is 12.3. The summed E-state index contributed by atoms with van der Waals surface area (Å²) in [6, 6.07) is 0. The zero-order valence-corrected chi connectivity index (χ0v) is 15.7. The van der Waals surface area contributed by atoms with Crippen LogP contribution in [-0.4, -0.2) is 33.4 Å². The first-order valence-electron chi connectivity index (χ1n) is 6.63. The SMILES string of the molecule is CC(C)(C)OC(=O)N(C(=O)OC(C)(C)C)c1cnc(I)cn1. The molecule has 1 heterocycles. The van der Waals surface area contributed by atoms with E-state index in [4.69, 9.17) is 9.47 Å². The summed E-state index contributed by atoms with van der Waals surface area (Å²) >= 11 is 1.97. The van der Waals surface area contributed by atoms with Gasteiger partial charge in [-0.05, 0) is 64.1 Å². The number of hydrogen-bond donors (Lipinski definition) is 0. The Labute approximate surface area is 143 Å². The van der Waals surface area contributed by atoms with Gasteiger partial charge in [-0.15, -0.1) is 0 Å². The van der Waals surface area contributed by atoms with Gasteiger partial charge in [0.2, 0.25) is 0 Å². The second-order valence-electron chi connectivity index (χ2n) is 6.49. The number of ether oxygens (including phenoxy) is 2. The first-order chi connectivity index (χ1) is 9.89. The second-order valence-corrected chi connectivity index (χ2v) is 7.60. The number of carbonyl (C=O) groups is 2. The summed E-state index contributed by atoms with van der Waals surface area (Å²) in [6.07, 6.45) is 1.03. The van der Waals surface area contributed by atoms with Gasteiger partial charge < -0.3 is 9.47 Å². The molecule has 0 unspecified atom stereocenters. The number of imide groups is 1. The van der Waals surface area contributed by atoms with Crippen molar-refractivity contribution >= 4 is 40.6 Å². The lowest BCUT2D eigenvalue weighted by Gasteiger charge is -2.27. The van der Waals surface area contributed by atoms with Crippen LogP contribution in [0, 0.1) is 3.70 Å². The van der Waals surface area contributed by atoms with E-state index in [9.17, 15) is 9.59 Å². The Bertz CT molecular complexity index is 519. The molecular formula is C14H20IN3O4. The van der Waals surface area contributed by atoms with Gasteiger partial charge in [-0.3, -0.25) is 0 Å². The molecule has 1 aromatic heterocycles. The van der Waals surface area contributed by atoms with Crippen molar-refractivity contribution < 1.29 is 19.1 Å². The van der Waals surface area contributed by atoms with Crippen LogP contribution in [0.4, 0.5) is 15.4 Å². The van der Waals surface area contributed by atoms with E-state index in [2.05, 4.69) is 9.97 Å². The summed E-state index contributed by atoms with van der Waals surface area (Å²) < 4.78 is 11.1. The van der Waals surface area contributed by atoms with Crippen molar-refractivity contribution in [3.63, 3.8) is 0 Å². The van der Waals surface area contributed by atoms with Gasteiger partial charge in [0.05, 0.1) is 12.4 Å². The highest BCUT2D eigenvalue weighted by Crippen LogP contribution is 2.19. The van der Waals surface area contributed by atoms with E-state index in [0.717, 1.165) is 4.90 Å². The Kier molecular flexibility index (Phi) is 5.71. The van der Waals surface area contributed by atoms with Gasteiger partial charge in [-0.2, -0.15) is 4.90 Å². The molecule has 122 valence electrons. The average molecular weight is 421 g/mol. The Morgan fingerprint density at radius 3 is 1.73 bits per heavy atom. The molecule has 22 heavy (non-hydrogen) atoms. The predicted molar refractivity (Wildman–Crippen MR) is 89.7 cm³/mol. The minimum Gasteiger partial charge on any atom is -0.443 e. The summed E-state index contributed by atoms with van der Waals surface area (Å²) in [5.41, 5.74) is -1.51. The molecule has 0 N–H and O–H groups in total. The van der Waals surface area contributed by atoms with Gasteiger partial charge in [0.1, 0.15) is 14.9 Å². The fraction of sp³-hybridized carbons (Fsp3) is 0.571. The maximum Gasteiger partial charge on any atom is 0.425 e. The van der Waals surface area contributed by atoms with E-state index in [0.29, 0.717) is 3.70 Å². The van der Waals surface area contributed by atoms with Gasteiger partial charge in [0, 0.05) is 0 Å². The maximum atomic E-state index is 12.3. The minimum atomic E-state index is -0.864. The summed E-state index contributed by atoms with van der Waals surface area (Å²) in [7, 11) is 0. The first-order valence-corrected chi connectivity index (χ1v) is 7.70. The Hall–Kier alpha value is -1.45. The summed E-state index contributed by atoms with van der Waals surface area (Å²) in [5, 5.41) is 0. The first kappa shape index (κ1) is 18.6. The number of halogens is 1. The molecule has 0 saturated heterocycles. The molecule has 0 fully saturated rings. The van der Waals surface area contributed by atoms with Crippen LogP contribution in [0.1, 0.15) is 41.5 Å². The largest absolute Gasteiger partial charge is 0.443 e. The summed E-state index contributed by atoms with van der Waals surface area (Å²) in [6.45, 7) is 10.2. The molecule has 0 aromatic carbocycles. The van der Waals surface area contributed by atoms with Gasteiger partial charge in [-0.1, -0.05) is 0 Å². The molecule has 0 radical (unpaired) electrons. The number of carbonyl (C=O) groups excluding carboxylic acids is 2. The van der Waals surface area contributed by atoms with Crippen molar-refractivity contribution in [3.05, 3.63) is 16.1 Å². The molecule has 0 spiro atoms. The monoisotopic (exact) mass is 421 g/mol. The van der Waals surface area contributed by atoms with Gasteiger partial charge in [0.25, 0.3) is 0 Å². The molecular weight excluding hydrogens is 401 g/mol. The Balaban J connectivity index is 3.12. The summed E-state index contributed by atoms with van der Waals surface area (Å²) in [4.78, 5) is 33.4. The fourth-order valence-electron chi connectivity index (χ4n) is 1.30. The van der Waals surface area contributed by atoms with E-state index < -0.39 is 23.4 Å². The van der Waals surface area contributed by atoms with Crippen molar-refractivity contribution in [3.8, 4) is 0 Å². The van der Waals surface area contributed by atoms with Crippen LogP contribution in [-0.2, 0) is 9.47 Å². The van der Waals surface area contributed by atoms with Gasteiger partial charge >= 0.3 is 12.2 Å². The van der Waals surface area contributed by atoms with E-state index in [1.54, 1.807) is 41.5 Å². The number of anilines is 1. The third kappa shape index (κ3) is 6.12. The minimum absolute atomic E-state index is 0.0453. The molecule has 1 rings (SSSR count). The lowest BCUT2D eigenvalue weighted by molar-refractivity contribution is 0.0429. The molecule has 0 atom stereocenters. The Morgan fingerprint density at radius 2 is 1.41 bits per heavy atom. The normalized spacial score (nSPS) is 11.8. The smallest absolute Gasteiger partial charge is 0.425 e. The van der Waals surface area contributed by atoms with Crippen LogP contribution in [0.25, 0.3) is 0 Å². The molecule has 0 aliphatic heterocycles. The molecule has 0 saturated carbocycles. The predicted octanol–water partition coefficient (Wildman–Crippen LogP) is 3.76. The highest BCUT2D eigenvalue weighted by Gasteiger charge is 2.33. The van der Waals surface area contributed by atoms with Crippen LogP contribution in [0.3, 0.4) is 0 Å². The number of aromatic nitrogens is 2. The number of amides is 2. The van der Waals surface area contributed by atoms with E-state index in [1.807, 2.05) is 22.6 Å². The molecule has 2 amide bonds. The summed E-state index contributed by atoms with van der Waals surface area (Å²) in [5.74, 6) is 0.0453. The second kappa shape index (κ2) is 6.76. The molecule has 7 nitrogen and oxygen atoms in total. The molecule has 0 aliphatic rings. The van der Waals surface area contributed by atoms with Crippen LogP contribution in [0.5, 0.6) is 0 Å². The number of rotatable bonds is 1. The van der Waals surface area contributed by atoms with Crippen LogP contribution in [0.2, 0.25) is 0 Å². The Morgan fingerprint density at radius 1 is 0.955 bits per heavy atom. The third-order valence-corrected chi connectivity index (χ3v) is 2.55. The van der Waals surface area contributed by atoms with Crippen molar-refractivity contribution in [1.29, 1.82) is 0 Å². The highest BCUT2D eigenvalue weighted by atomic mass is 127. The van der Waals surface area contributed by atoms with E-state index >= 15 is 0 Å². The third-order valence-electron chi connectivity index (χ3n) is 1.99. The zero-order chi connectivity index (χ0) is 17.1. The van der Waals surface area contributed by atoms with Crippen LogP contribution >= 0.6 is 22.6 Å². The van der Waals surface area contributed by atoms with Gasteiger partial charge in [0.15, 0.2) is 5.82 Å². The lowest BCUT2D eigenvalue weighted by atomic mass is 10.2. The topological polar surface area (TPSA) is 81.6 Å². The molecule has 0 aliphatic carbocycles. The van der Waals surface area contributed by atoms with Gasteiger partial charge in [-0.25, -0.2) is 19.6 Å². The molecule has 0 bridgehead atoms. The lowest BCUT2D eigenvalue weighted by Crippen LogP contribution is -2.44. The van der Waals surface area contributed by atoms with Crippen LogP contribution in [0.15, 0.2) is 12.4 Å². The fourth-order valence-corrected chi connectivity index (χ4v) is 1.58. The van der Waals surface area contributed by atoms with Crippen molar-refractivity contribution in [1.82, 2.24) is 9.97 Å². The standard InChI is InChI=1S/C14H20IN3O4/c1-13(2,3)21-11(19)18(12(20)22-14(4,5)6)10-8-16-9(15)7-17-10/h7-8H,1-6H3. The van der Waals surface area contributed by atoms with Crippen molar-refractivity contribution in [2.75, 3.05) is 4.90 Å².